The lowest BCUT2D eigenvalue weighted by molar-refractivity contribution is 1.14. The Morgan fingerprint density at radius 2 is 1.56 bits per heavy atom. The average molecular weight is 281 g/mol. The summed E-state index contributed by atoms with van der Waals surface area (Å²) in [5.74, 6) is 0. The molecule has 0 atom stereocenters. The van der Waals surface area contributed by atoms with Gasteiger partial charge in [0.25, 0.3) is 0 Å². The first kappa shape index (κ1) is 15.1. The van der Waals surface area contributed by atoms with Gasteiger partial charge in [-0.2, -0.15) is 0 Å². The van der Waals surface area contributed by atoms with Crippen molar-refractivity contribution in [3.05, 3.63) is 58.1 Å². The van der Waals surface area contributed by atoms with Crippen LogP contribution in [0.2, 0.25) is 10.0 Å². The molecule has 0 spiro atoms. The monoisotopic (exact) mass is 280 g/mol. The number of halogens is 2. The van der Waals surface area contributed by atoms with Crippen LogP contribution < -0.4 is 0 Å². The van der Waals surface area contributed by atoms with Crippen molar-refractivity contribution in [2.45, 2.75) is 27.2 Å². The van der Waals surface area contributed by atoms with Crippen LogP contribution in [0.1, 0.15) is 26.3 Å². The molecular formula is C16H18Cl2. The van der Waals surface area contributed by atoms with E-state index in [0.717, 1.165) is 12.0 Å². The fraction of sp³-hybridized carbons (Fsp3) is 0.250. The number of hydrogen-bond donors (Lipinski definition) is 0. The molecule has 0 aliphatic heterocycles. The highest BCUT2D eigenvalue weighted by Gasteiger charge is 2.05. The molecule has 0 fully saturated rings. The summed E-state index contributed by atoms with van der Waals surface area (Å²) in [5.41, 5.74) is 3.66. The zero-order valence-electron chi connectivity index (χ0n) is 11.0. The van der Waals surface area contributed by atoms with E-state index in [9.17, 15) is 0 Å². The average Bonchev–Trinajstić information content (AvgIpc) is 2.44. The third-order valence-electron chi connectivity index (χ3n) is 2.63. The van der Waals surface area contributed by atoms with Crippen molar-refractivity contribution in [3.8, 4) is 11.1 Å². The highest BCUT2D eigenvalue weighted by atomic mass is 35.5. The Morgan fingerprint density at radius 1 is 0.889 bits per heavy atom. The van der Waals surface area contributed by atoms with Crippen molar-refractivity contribution in [2.75, 3.05) is 0 Å². The van der Waals surface area contributed by atoms with Crippen molar-refractivity contribution in [1.82, 2.24) is 0 Å². The first-order valence-corrected chi connectivity index (χ1v) is 7.01. The minimum absolute atomic E-state index is 0.597. The summed E-state index contributed by atoms with van der Waals surface area (Å²) in [5, 5.41) is 1.20. The van der Waals surface area contributed by atoms with Crippen molar-refractivity contribution in [3.63, 3.8) is 0 Å². The van der Waals surface area contributed by atoms with Gasteiger partial charge in [0.2, 0.25) is 0 Å². The molecule has 0 saturated carbocycles. The lowest BCUT2D eigenvalue weighted by Crippen LogP contribution is -1.86. The second-order valence-electron chi connectivity index (χ2n) is 3.64. The quantitative estimate of drug-likeness (QED) is 0.610. The summed E-state index contributed by atoms with van der Waals surface area (Å²) in [7, 11) is 0. The van der Waals surface area contributed by atoms with Crippen LogP contribution in [0.3, 0.4) is 0 Å². The maximum atomic E-state index is 6.03. The van der Waals surface area contributed by atoms with Crippen LogP contribution in [-0.4, -0.2) is 0 Å². The van der Waals surface area contributed by atoms with Gasteiger partial charge < -0.3 is 0 Å². The Hall–Kier alpha value is -0.980. The fourth-order valence-corrected chi connectivity index (χ4v) is 2.07. The molecule has 18 heavy (non-hydrogen) atoms. The summed E-state index contributed by atoms with van der Waals surface area (Å²) < 4.78 is 0. The fourth-order valence-electron chi connectivity index (χ4n) is 1.77. The van der Waals surface area contributed by atoms with Gasteiger partial charge in [0.1, 0.15) is 0 Å². The summed E-state index contributed by atoms with van der Waals surface area (Å²) in [6.07, 6.45) is 1.01. The van der Waals surface area contributed by atoms with E-state index >= 15 is 0 Å². The largest absolute Gasteiger partial charge is 0.0827 e. The Bertz CT molecular complexity index is 504. The second-order valence-corrected chi connectivity index (χ2v) is 4.45. The zero-order chi connectivity index (χ0) is 13.5. The van der Waals surface area contributed by atoms with Crippen LogP contribution in [-0.2, 0) is 6.42 Å². The molecule has 0 unspecified atom stereocenters. The minimum atomic E-state index is 0.597. The van der Waals surface area contributed by atoms with Crippen molar-refractivity contribution in [1.29, 1.82) is 0 Å². The summed E-state index contributed by atoms with van der Waals surface area (Å²) in [4.78, 5) is 0. The lowest BCUT2D eigenvalue weighted by atomic mass is 9.98. The third kappa shape index (κ3) is 3.51. The standard InChI is InChI=1S/C14H12Cl2.C2H6/c1-2-10-5-3-4-6-12(10)11-7-8-13(15)14(16)9-11;1-2/h3-9H,2H2,1H3;1-2H3. The Labute approximate surface area is 120 Å². The molecular weight excluding hydrogens is 263 g/mol. The maximum Gasteiger partial charge on any atom is 0.0598 e. The van der Waals surface area contributed by atoms with Gasteiger partial charge in [-0.3, -0.25) is 0 Å². The summed E-state index contributed by atoms with van der Waals surface area (Å²) in [6.45, 7) is 6.15. The number of rotatable bonds is 2. The van der Waals surface area contributed by atoms with Crippen LogP contribution in [0.25, 0.3) is 11.1 Å². The van der Waals surface area contributed by atoms with Crippen molar-refractivity contribution in [2.24, 2.45) is 0 Å². The molecule has 2 heteroatoms. The molecule has 0 radical (unpaired) electrons. The van der Waals surface area contributed by atoms with E-state index in [-0.39, 0.29) is 0 Å². The highest BCUT2D eigenvalue weighted by molar-refractivity contribution is 6.42. The first-order valence-electron chi connectivity index (χ1n) is 6.25. The predicted octanol–water partition coefficient (Wildman–Crippen LogP) is 6.25. The molecule has 0 bridgehead atoms. The molecule has 0 aromatic heterocycles. The van der Waals surface area contributed by atoms with Crippen LogP contribution in [0.4, 0.5) is 0 Å². The topological polar surface area (TPSA) is 0 Å². The van der Waals surface area contributed by atoms with E-state index in [0.29, 0.717) is 10.0 Å². The van der Waals surface area contributed by atoms with Gasteiger partial charge in [-0.05, 0) is 35.2 Å². The lowest BCUT2D eigenvalue weighted by Gasteiger charge is -2.08. The summed E-state index contributed by atoms with van der Waals surface area (Å²) >= 11 is 11.9. The molecule has 2 aromatic rings. The van der Waals surface area contributed by atoms with Gasteiger partial charge >= 0.3 is 0 Å². The van der Waals surface area contributed by atoms with Crippen molar-refractivity contribution >= 4 is 23.2 Å². The number of hydrogen-bond acceptors (Lipinski definition) is 0. The summed E-state index contributed by atoms with van der Waals surface area (Å²) in [6, 6.07) is 14.1. The van der Waals surface area contributed by atoms with E-state index < -0.39 is 0 Å². The van der Waals surface area contributed by atoms with E-state index in [1.165, 1.54) is 11.1 Å². The van der Waals surface area contributed by atoms with E-state index in [1.54, 1.807) is 0 Å². The van der Waals surface area contributed by atoms with Crippen LogP contribution in [0.15, 0.2) is 42.5 Å². The SMILES string of the molecule is CC.CCc1ccccc1-c1ccc(Cl)c(Cl)c1. The number of aryl methyl sites for hydroxylation is 1. The van der Waals surface area contributed by atoms with Gasteiger partial charge in [-0.1, -0.05) is 74.3 Å². The van der Waals surface area contributed by atoms with Gasteiger partial charge in [-0.15, -0.1) is 0 Å². The Morgan fingerprint density at radius 3 is 2.17 bits per heavy atom. The minimum Gasteiger partial charge on any atom is -0.0827 e. The van der Waals surface area contributed by atoms with Gasteiger partial charge in [0, 0.05) is 0 Å². The predicted molar refractivity (Wildman–Crippen MR) is 82.6 cm³/mol. The molecule has 0 aliphatic carbocycles. The Balaban J connectivity index is 0.000000771. The van der Waals surface area contributed by atoms with E-state index in [2.05, 4.69) is 25.1 Å². The zero-order valence-corrected chi connectivity index (χ0v) is 12.5. The van der Waals surface area contributed by atoms with Gasteiger partial charge in [0.15, 0.2) is 0 Å². The molecule has 0 saturated heterocycles. The van der Waals surface area contributed by atoms with Gasteiger partial charge in [-0.25, -0.2) is 0 Å². The van der Waals surface area contributed by atoms with Crippen molar-refractivity contribution < 1.29 is 0 Å². The molecule has 2 aromatic carbocycles. The second kappa shape index (κ2) is 7.45. The first-order chi connectivity index (χ1) is 8.72. The van der Waals surface area contributed by atoms with Gasteiger partial charge in [0.05, 0.1) is 10.0 Å². The molecule has 0 nitrogen and oxygen atoms in total. The highest BCUT2D eigenvalue weighted by Crippen LogP contribution is 2.30. The molecule has 0 aliphatic rings. The molecule has 0 amide bonds. The molecule has 0 heterocycles. The van der Waals surface area contributed by atoms with Crippen LogP contribution in [0, 0.1) is 0 Å². The molecule has 2 rings (SSSR count). The van der Waals surface area contributed by atoms with E-state index in [1.807, 2.05) is 38.1 Å². The van der Waals surface area contributed by atoms with E-state index in [4.69, 9.17) is 23.2 Å². The Kier molecular flexibility index (Phi) is 6.24. The molecule has 0 N–H and O–H groups in total. The molecule has 96 valence electrons. The third-order valence-corrected chi connectivity index (χ3v) is 3.37. The smallest absolute Gasteiger partial charge is 0.0598 e. The van der Waals surface area contributed by atoms with Crippen LogP contribution >= 0.6 is 23.2 Å². The maximum absolute atomic E-state index is 6.03. The normalized spacial score (nSPS) is 9.61. The van der Waals surface area contributed by atoms with Crippen LogP contribution in [0.5, 0.6) is 0 Å². The number of benzene rings is 2.